The van der Waals surface area contributed by atoms with Gasteiger partial charge in [-0.1, -0.05) is 18.2 Å². The predicted molar refractivity (Wildman–Crippen MR) is 89.4 cm³/mol. The third-order valence-corrected chi connectivity index (χ3v) is 4.10. The Hall–Kier alpha value is -2.90. The topological polar surface area (TPSA) is 50.8 Å². The first-order valence-corrected chi connectivity index (χ1v) is 7.79. The molecule has 138 valence electrons. The summed E-state index contributed by atoms with van der Waals surface area (Å²) in [5.74, 6) is 0.127. The number of methoxy groups -OCH3 is 2. The molecule has 1 aliphatic heterocycles. The highest BCUT2D eigenvalue weighted by Crippen LogP contribution is 2.38. The number of benzene rings is 2. The lowest BCUT2D eigenvalue weighted by molar-refractivity contribution is -0.144. The first-order valence-electron chi connectivity index (χ1n) is 7.79. The Kier molecular flexibility index (Phi) is 4.67. The summed E-state index contributed by atoms with van der Waals surface area (Å²) in [6.45, 7) is -1.37. The monoisotopic (exact) mass is 366 g/mol. The quantitative estimate of drug-likeness (QED) is 0.894. The molecule has 26 heavy (non-hydrogen) atoms. The third kappa shape index (κ3) is 3.40. The molecule has 0 aromatic heterocycles. The van der Waals surface area contributed by atoms with E-state index >= 15 is 0 Å². The number of carbonyl (C=O) groups is 1. The number of hydrogen-bond acceptors (Lipinski definition) is 4. The van der Waals surface area contributed by atoms with Crippen molar-refractivity contribution in [3.63, 3.8) is 0 Å². The third-order valence-electron chi connectivity index (χ3n) is 4.10. The standard InChI is InChI=1S/C18H17F3N2O3/c1-25-14-8-7-11(9-15(14)26-2)16-22-13-6-4-3-5-12(13)17(24)23(16)10-18(19,20)21/h3-9,16,22H,10H2,1-2H3. The number of nitrogens with zero attached hydrogens (tertiary/aromatic N) is 1. The SMILES string of the molecule is COc1ccc(C2Nc3ccccc3C(=O)N2CC(F)(F)F)cc1OC. The van der Waals surface area contributed by atoms with Gasteiger partial charge in [-0.3, -0.25) is 4.79 Å². The lowest BCUT2D eigenvalue weighted by Gasteiger charge is -2.38. The second-order valence-corrected chi connectivity index (χ2v) is 5.76. The van der Waals surface area contributed by atoms with Gasteiger partial charge in [0.05, 0.1) is 19.8 Å². The van der Waals surface area contributed by atoms with E-state index in [2.05, 4.69) is 5.32 Å². The Bertz CT molecular complexity index is 824. The van der Waals surface area contributed by atoms with Crippen LogP contribution in [0.4, 0.5) is 18.9 Å². The Balaban J connectivity index is 2.06. The van der Waals surface area contributed by atoms with Gasteiger partial charge in [-0.25, -0.2) is 0 Å². The van der Waals surface area contributed by atoms with E-state index in [0.717, 1.165) is 4.90 Å². The lowest BCUT2D eigenvalue weighted by Crippen LogP contribution is -2.47. The van der Waals surface area contributed by atoms with Crippen LogP contribution in [0.15, 0.2) is 42.5 Å². The van der Waals surface area contributed by atoms with Crippen molar-refractivity contribution in [1.82, 2.24) is 4.90 Å². The summed E-state index contributed by atoms with van der Waals surface area (Å²) < 4.78 is 49.6. The zero-order valence-electron chi connectivity index (χ0n) is 14.1. The first kappa shape index (κ1) is 17.9. The van der Waals surface area contributed by atoms with Crippen molar-refractivity contribution >= 4 is 11.6 Å². The van der Waals surface area contributed by atoms with Gasteiger partial charge in [0.15, 0.2) is 11.5 Å². The molecular weight excluding hydrogens is 349 g/mol. The van der Waals surface area contributed by atoms with Gasteiger partial charge >= 0.3 is 6.18 Å². The van der Waals surface area contributed by atoms with Crippen molar-refractivity contribution < 1.29 is 27.4 Å². The number of hydrogen-bond donors (Lipinski definition) is 1. The van der Waals surface area contributed by atoms with Crippen LogP contribution in [-0.4, -0.2) is 37.7 Å². The number of amides is 1. The number of halogens is 3. The molecule has 1 unspecified atom stereocenters. The molecule has 5 nitrogen and oxygen atoms in total. The van der Waals surface area contributed by atoms with Gasteiger partial charge in [0, 0.05) is 5.69 Å². The smallest absolute Gasteiger partial charge is 0.406 e. The minimum Gasteiger partial charge on any atom is -0.493 e. The molecule has 0 saturated carbocycles. The van der Waals surface area contributed by atoms with E-state index in [1.807, 2.05) is 0 Å². The van der Waals surface area contributed by atoms with E-state index < -0.39 is 24.8 Å². The number of fused-ring (bicyclic) bond motifs is 1. The zero-order chi connectivity index (χ0) is 18.9. The summed E-state index contributed by atoms with van der Waals surface area (Å²) in [6, 6.07) is 11.2. The van der Waals surface area contributed by atoms with Crippen molar-refractivity contribution in [2.45, 2.75) is 12.3 Å². The molecule has 1 atom stereocenters. The molecule has 2 aromatic rings. The number of para-hydroxylation sites is 1. The molecule has 1 amide bonds. The second kappa shape index (κ2) is 6.78. The first-order chi connectivity index (χ1) is 12.3. The molecule has 0 fully saturated rings. The maximum atomic E-state index is 13.1. The molecule has 1 heterocycles. The Morgan fingerprint density at radius 1 is 1.08 bits per heavy atom. The van der Waals surface area contributed by atoms with Gasteiger partial charge in [0.1, 0.15) is 12.7 Å². The van der Waals surface area contributed by atoms with Gasteiger partial charge in [-0.2, -0.15) is 13.2 Å². The Morgan fingerprint density at radius 2 is 1.77 bits per heavy atom. The molecule has 0 radical (unpaired) electrons. The van der Waals surface area contributed by atoms with Gasteiger partial charge in [0.25, 0.3) is 5.91 Å². The fourth-order valence-electron chi connectivity index (χ4n) is 2.94. The molecule has 1 N–H and O–H groups in total. The van der Waals surface area contributed by atoms with Crippen LogP contribution >= 0.6 is 0 Å². The van der Waals surface area contributed by atoms with E-state index in [1.54, 1.807) is 36.4 Å². The van der Waals surface area contributed by atoms with E-state index in [4.69, 9.17) is 9.47 Å². The van der Waals surface area contributed by atoms with Crippen molar-refractivity contribution in [3.8, 4) is 11.5 Å². The molecule has 1 aliphatic rings. The molecule has 8 heteroatoms. The minimum atomic E-state index is -4.53. The summed E-state index contributed by atoms with van der Waals surface area (Å²) in [5.41, 5.74) is 1.14. The summed E-state index contributed by atoms with van der Waals surface area (Å²) >= 11 is 0. The Morgan fingerprint density at radius 3 is 2.42 bits per heavy atom. The highest BCUT2D eigenvalue weighted by atomic mass is 19.4. The van der Waals surface area contributed by atoms with E-state index in [-0.39, 0.29) is 5.56 Å². The zero-order valence-corrected chi connectivity index (χ0v) is 14.1. The van der Waals surface area contributed by atoms with E-state index in [9.17, 15) is 18.0 Å². The van der Waals surface area contributed by atoms with Crippen molar-refractivity contribution in [1.29, 1.82) is 0 Å². The fourth-order valence-corrected chi connectivity index (χ4v) is 2.94. The maximum Gasteiger partial charge on any atom is 0.406 e. The van der Waals surface area contributed by atoms with Crippen molar-refractivity contribution in [2.75, 3.05) is 26.1 Å². The molecule has 0 saturated heterocycles. The predicted octanol–water partition coefficient (Wildman–Crippen LogP) is 3.83. The maximum absolute atomic E-state index is 13.1. The van der Waals surface area contributed by atoms with Gasteiger partial charge in [0.2, 0.25) is 0 Å². The summed E-state index contributed by atoms with van der Waals surface area (Å²) in [5, 5.41) is 3.01. The minimum absolute atomic E-state index is 0.202. The number of carbonyl (C=O) groups excluding carboxylic acids is 1. The van der Waals surface area contributed by atoms with Crippen LogP contribution in [0.1, 0.15) is 22.1 Å². The number of anilines is 1. The average molecular weight is 366 g/mol. The molecule has 0 spiro atoms. The molecule has 3 rings (SSSR count). The van der Waals surface area contributed by atoms with Crippen LogP contribution < -0.4 is 14.8 Å². The molecule has 2 aromatic carbocycles. The molecule has 0 bridgehead atoms. The highest BCUT2D eigenvalue weighted by Gasteiger charge is 2.40. The van der Waals surface area contributed by atoms with Crippen LogP contribution in [0.25, 0.3) is 0 Å². The second-order valence-electron chi connectivity index (χ2n) is 5.76. The largest absolute Gasteiger partial charge is 0.493 e. The normalized spacial score (nSPS) is 16.7. The van der Waals surface area contributed by atoms with Crippen molar-refractivity contribution in [3.05, 3.63) is 53.6 Å². The highest BCUT2D eigenvalue weighted by molar-refractivity contribution is 6.01. The molecule has 0 aliphatic carbocycles. The number of rotatable bonds is 4. The van der Waals surface area contributed by atoms with Gasteiger partial charge in [-0.15, -0.1) is 0 Å². The summed E-state index contributed by atoms with van der Waals surface area (Å²) in [4.78, 5) is 13.5. The van der Waals surface area contributed by atoms with Crippen LogP contribution in [0.3, 0.4) is 0 Å². The van der Waals surface area contributed by atoms with Crippen LogP contribution in [-0.2, 0) is 0 Å². The fraction of sp³-hybridized carbons (Fsp3) is 0.278. The van der Waals surface area contributed by atoms with E-state index in [1.165, 1.54) is 20.3 Å². The average Bonchev–Trinajstić information content (AvgIpc) is 2.62. The van der Waals surface area contributed by atoms with Crippen LogP contribution in [0.5, 0.6) is 11.5 Å². The van der Waals surface area contributed by atoms with Gasteiger partial charge < -0.3 is 19.7 Å². The number of ether oxygens (including phenoxy) is 2. The lowest BCUT2D eigenvalue weighted by atomic mass is 10.0. The number of nitrogens with one attached hydrogen (secondary N) is 1. The van der Waals surface area contributed by atoms with Gasteiger partial charge in [-0.05, 0) is 29.8 Å². The van der Waals surface area contributed by atoms with Crippen LogP contribution in [0, 0.1) is 0 Å². The van der Waals surface area contributed by atoms with Crippen molar-refractivity contribution in [2.24, 2.45) is 0 Å². The summed E-state index contributed by atoms with van der Waals surface area (Å²) in [7, 11) is 2.90. The Labute approximate surface area is 148 Å². The van der Waals surface area contributed by atoms with E-state index in [0.29, 0.717) is 22.7 Å². The molecular formula is C18H17F3N2O3. The number of alkyl halides is 3. The summed E-state index contributed by atoms with van der Waals surface area (Å²) in [6.07, 6.45) is -5.52. The van der Waals surface area contributed by atoms with Crippen LogP contribution in [0.2, 0.25) is 0 Å².